The highest BCUT2D eigenvalue weighted by atomic mass is 16.5. The van der Waals surface area contributed by atoms with Crippen LogP contribution in [0.5, 0.6) is 5.75 Å². The predicted octanol–water partition coefficient (Wildman–Crippen LogP) is 3.59. The first-order valence-electron chi connectivity index (χ1n) is 8.17. The molecule has 0 saturated heterocycles. The maximum absolute atomic E-state index is 12.5. The minimum absolute atomic E-state index is 0.185. The highest BCUT2D eigenvalue weighted by Crippen LogP contribution is 2.16. The summed E-state index contributed by atoms with van der Waals surface area (Å²) in [6.07, 6.45) is 2.57. The Morgan fingerprint density at radius 2 is 1.72 bits per heavy atom. The highest BCUT2D eigenvalue weighted by molar-refractivity contribution is 6.08. The van der Waals surface area contributed by atoms with E-state index in [1.165, 1.54) is 6.92 Å². The number of benzene rings is 2. The molecule has 0 fully saturated rings. The summed E-state index contributed by atoms with van der Waals surface area (Å²) in [5.74, 6) is 0.0590. The molecule has 0 aliphatic rings. The van der Waals surface area contributed by atoms with E-state index in [0.717, 1.165) is 17.7 Å². The van der Waals surface area contributed by atoms with Crippen molar-refractivity contribution in [1.82, 2.24) is 5.32 Å². The average molecular weight is 338 g/mol. The summed E-state index contributed by atoms with van der Waals surface area (Å²) < 4.78 is 5.51. The van der Waals surface area contributed by atoms with E-state index in [9.17, 15) is 9.59 Å². The summed E-state index contributed by atoms with van der Waals surface area (Å²) >= 11 is 0. The van der Waals surface area contributed by atoms with Gasteiger partial charge in [0.05, 0.1) is 6.61 Å². The number of nitrogens with one attached hydrogen (secondary N) is 2. The zero-order valence-corrected chi connectivity index (χ0v) is 14.4. The summed E-state index contributed by atoms with van der Waals surface area (Å²) in [4.78, 5) is 23.9. The molecule has 0 saturated carbocycles. The third-order valence-corrected chi connectivity index (χ3v) is 3.25. The number of hydrogen-bond acceptors (Lipinski definition) is 3. The van der Waals surface area contributed by atoms with Crippen molar-refractivity contribution in [3.05, 3.63) is 65.9 Å². The summed E-state index contributed by atoms with van der Waals surface area (Å²) in [6, 6.07) is 16.4. The SMILES string of the molecule is CCCOc1ccc(NC(=O)/C(=C/c2ccccc2)NC(C)=O)cc1. The van der Waals surface area contributed by atoms with Gasteiger partial charge >= 0.3 is 0 Å². The van der Waals surface area contributed by atoms with Crippen LogP contribution in [-0.4, -0.2) is 18.4 Å². The number of carbonyl (C=O) groups is 2. The first kappa shape index (κ1) is 18.3. The lowest BCUT2D eigenvalue weighted by atomic mass is 10.2. The Balaban J connectivity index is 2.11. The quantitative estimate of drug-likeness (QED) is 0.758. The normalized spacial score (nSPS) is 10.9. The van der Waals surface area contributed by atoms with Crippen LogP contribution in [-0.2, 0) is 9.59 Å². The zero-order valence-electron chi connectivity index (χ0n) is 14.4. The molecule has 0 aliphatic carbocycles. The Morgan fingerprint density at radius 1 is 1.04 bits per heavy atom. The molecule has 2 rings (SSSR count). The number of amides is 2. The molecule has 0 aliphatic heterocycles. The third kappa shape index (κ3) is 6.14. The Morgan fingerprint density at radius 3 is 2.32 bits per heavy atom. The molecule has 2 amide bonds. The van der Waals surface area contributed by atoms with Crippen LogP contribution in [0.25, 0.3) is 6.08 Å². The molecule has 0 bridgehead atoms. The molecule has 0 atom stereocenters. The summed E-state index contributed by atoms with van der Waals surface area (Å²) in [5, 5.41) is 5.35. The average Bonchev–Trinajstić information content (AvgIpc) is 2.61. The number of hydrogen-bond donors (Lipinski definition) is 2. The number of rotatable bonds is 7. The zero-order chi connectivity index (χ0) is 18.1. The second-order valence-electron chi connectivity index (χ2n) is 5.48. The van der Waals surface area contributed by atoms with E-state index in [0.29, 0.717) is 12.3 Å². The number of anilines is 1. The van der Waals surface area contributed by atoms with E-state index >= 15 is 0 Å². The maximum atomic E-state index is 12.5. The second kappa shape index (κ2) is 9.27. The van der Waals surface area contributed by atoms with Gasteiger partial charge in [0.2, 0.25) is 5.91 Å². The van der Waals surface area contributed by atoms with Crippen molar-refractivity contribution in [3.63, 3.8) is 0 Å². The van der Waals surface area contributed by atoms with Gasteiger partial charge in [-0.2, -0.15) is 0 Å². The third-order valence-electron chi connectivity index (χ3n) is 3.25. The molecule has 0 radical (unpaired) electrons. The molecular weight excluding hydrogens is 316 g/mol. The Bertz CT molecular complexity index is 737. The van der Waals surface area contributed by atoms with Crippen LogP contribution in [0.15, 0.2) is 60.3 Å². The van der Waals surface area contributed by atoms with Gasteiger partial charge in [0, 0.05) is 12.6 Å². The van der Waals surface area contributed by atoms with Crippen LogP contribution < -0.4 is 15.4 Å². The molecule has 130 valence electrons. The van der Waals surface area contributed by atoms with Gasteiger partial charge in [-0.05, 0) is 42.3 Å². The van der Waals surface area contributed by atoms with E-state index in [1.54, 1.807) is 30.3 Å². The molecule has 2 aromatic rings. The van der Waals surface area contributed by atoms with E-state index in [1.807, 2.05) is 37.3 Å². The van der Waals surface area contributed by atoms with Gasteiger partial charge in [0.1, 0.15) is 11.4 Å². The Hall–Kier alpha value is -3.08. The highest BCUT2D eigenvalue weighted by Gasteiger charge is 2.11. The predicted molar refractivity (Wildman–Crippen MR) is 99.1 cm³/mol. The van der Waals surface area contributed by atoms with Crippen LogP contribution in [0.3, 0.4) is 0 Å². The van der Waals surface area contributed by atoms with Gasteiger partial charge in [0.25, 0.3) is 5.91 Å². The van der Waals surface area contributed by atoms with Crippen molar-refractivity contribution in [3.8, 4) is 5.75 Å². The van der Waals surface area contributed by atoms with Gasteiger partial charge < -0.3 is 15.4 Å². The van der Waals surface area contributed by atoms with Crippen molar-refractivity contribution in [1.29, 1.82) is 0 Å². The molecule has 2 aromatic carbocycles. The lowest BCUT2D eigenvalue weighted by Crippen LogP contribution is -2.28. The van der Waals surface area contributed by atoms with Crippen LogP contribution in [0.4, 0.5) is 5.69 Å². The van der Waals surface area contributed by atoms with Crippen LogP contribution in [0, 0.1) is 0 Å². The number of ether oxygens (including phenoxy) is 1. The number of carbonyl (C=O) groups excluding carboxylic acids is 2. The van der Waals surface area contributed by atoms with Gasteiger partial charge in [-0.3, -0.25) is 9.59 Å². The molecule has 0 unspecified atom stereocenters. The standard InChI is InChI=1S/C20H22N2O3/c1-3-13-25-18-11-9-17(10-12-18)22-20(24)19(21-15(2)23)14-16-7-5-4-6-8-16/h4-12,14H,3,13H2,1-2H3,(H,21,23)(H,22,24)/b19-14-. The molecule has 0 spiro atoms. The van der Waals surface area contributed by atoms with E-state index in [-0.39, 0.29) is 17.5 Å². The van der Waals surface area contributed by atoms with Crippen molar-refractivity contribution < 1.29 is 14.3 Å². The Kier molecular flexibility index (Phi) is 6.77. The minimum Gasteiger partial charge on any atom is -0.494 e. The van der Waals surface area contributed by atoms with Crippen LogP contribution in [0.1, 0.15) is 25.8 Å². The molecule has 5 heteroatoms. The molecule has 2 N–H and O–H groups in total. The smallest absolute Gasteiger partial charge is 0.272 e. The fourth-order valence-corrected chi connectivity index (χ4v) is 2.12. The lowest BCUT2D eigenvalue weighted by Gasteiger charge is -2.11. The van der Waals surface area contributed by atoms with E-state index in [2.05, 4.69) is 10.6 Å². The molecule has 0 heterocycles. The van der Waals surface area contributed by atoms with Crippen molar-refractivity contribution in [2.75, 3.05) is 11.9 Å². The van der Waals surface area contributed by atoms with E-state index in [4.69, 9.17) is 4.74 Å². The molecule has 5 nitrogen and oxygen atoms in total. The van der Waals surface area contributed by atoms with Crippen LogP contribution in [0.2, 0.25) is 0 Å². The lowest BCUT2D eigenvalue weighted by molar-refractivity contribution is -0.120. The minimum atomic E-state index is -0.388. The van der Waals surface area contributed by atoms with Gasteiger partial charge in [0.15, 0.2) is 0 Å². The molecule has 25 heavy (non-hydrogen) atoms. The second-order valence-corrected chi connectivity index (χ2v) is 5.48. The summed E-state index contributed by atoms with van der Waals surface area (Å²) in [6.45, 7) is 4.06. The van der Waals surface area contributed by atoms with Gasteiger partial charge in [-0.15, -0.1) is 0 Å². The Labute approximate surface area is 147 Å². The van der Waals surface area contributed by atoms with Crippen LogP contribution >= 0.6 is 0 Å². The fourth-order valence-electron chi connectivity index (χ4n) is 2.12. The topological polar surface area (TPSA) is 67.4 Å². The van der Waals surface area contributed by atoms with Gasteiger partial charge in [-0.1, -0.05) is 37.3 Å². The summed E-state index contributed by atoms with van der Waals surface area (Å²) in [5.41, 5.74) is 1.63. The summed E-state index contributed by atoms with van der Waals surface area (Å²) in [7, 11) is 0. The molecule has 0 aromatic heterocycles. The van der Waals surface area contributed by atoms with Gasteiger partial charge in [-0.25, -0.2) is 0 Å². The van der Waals surface area contributed by atoms with Crippen molar-refractivity contribution in [2.45, 2.75) is 20.3 Å². The first-order chi connectivity index (χ1) is 12.1. The monoisotopic (exact) mass is 338 g/mol. The maximum Gasteiger partial charge on any atom is 0.272 e. The van der Waals surface area contributed by atoms with Crippen molar-refractivity contribution in [2.24, 2.45) is 0 Å². The van der Waals surface area contributed by atoms with Crippen molar-refractivity contribution >= 4 is 23.6 Å². The van der Waals surface area contributed by atoms with E-state index < -0.39 is 0 Å². The largest absolute Gasteiger partial charge is 0.494 e. The molecular formula is C20H22N2O3. The first-order valence-corrected chi connectivity index (χ1v) is 8.17. The fraction of sp³-hybridized carbons (Fsp3) is 0.200.